The molecule has 1 nitrogen and oxygen atoms in total. The lowest BCUT2D eigenvalue weighted by molar-refractivity contribution is 0.0986. The van der Waals surface area contributed by atoms with Crippen molar-refractivity contribution in [1.82, 2.24) is 0 Å². The van der Waals surface area contributed by atoms with Crippen LogP contribution in [0.2, 0.25) is 5.02 Å². The standard InChI is InChI=1S/C10H10ClFO/c1-2-10(13)9-4-3-8(11)5-7(9)6-12/h3-5H,2,6H2,1H3. The van der Waals surface area contributed by atoms with Crippen molar-refractivity contribution >= 4 is 17.4 Å². The molecule has 0 N–H and O–H groups in total. The van der Waals surface area contributed by atoms with E-state index in [1.807, 2.05) is 0 Å². The van der Waals surface area contributed by atoms with Gasteiger partial charge in [0.25, 0.3) is 0 Å². The minimum Gasteiger partial charge on any atom is -0.294 e. The molecule has 1 aromatic carbocycles. The third-order valence-electron chi connectivity index (χ3n) is 1.83. The van der Waals surface area contributed by atoms with E-state index < -0.39 is 6.67 Å². The average Bonchev–Trinajstić information content (AvgIpc) is 2.16. The monoisotopic (exact) mass is 200 g/mol. The summed E-state index contributed by atoms with van der Waals surface area (Å²) >= 11 is 5.67. The third kappa shape index (κ3) is 2.28. The zero-order valence-corrected chi connectivity index (χ0v) is 8.07. The molecule has 0 spiro atoms. The molecule has 0 fully saturated rings. The summed E-state index contributed by atoms with van der Waals surface area (Å²) < 4.78 is 12.5. The maximum atomic E-state index is 12.5. The van der Waals surface area contributed by atoms with Crippen molar-refractivity contribution in [2.24, 2.45) is 0 Å². The van der Waals surface area contributed by atoms with Gasteiger partial charge in [0.15, 0.2) is 5.78 Å². The minimum absolute atomic E-state index is 0.0516. The highest BCUT2D eigenvalue weighted by molar-refractivity contribution is 6.30. The summed E-state index contributed by atoms with van der Waals surface area (Å²) in [5, 5.41) is 0.459. The molecule has 0 aliphatic rings. The first kappa shape index (κ1) is 10.2. The minimum atomic E-state index is -0.651. The number of rotatable bonds is 3. The molecule has 0 aromatic heterocycles. The van der Waals surface area contributed by atoms with E-state index in [0.717, 1.165) is 0 Å². The number of hydrogen-bond donors (Lipinski definition) is 0. The molecular weight excluding hydrogens is 191 g/mol. The summed E-state index contributed by atoms with van der Waals surface area (Å²) in [6, 6.07) is 4.66. The van der Waals surface area contributed by atoms with Gasteiger partial charge in [0.05, 0.1) is 0 Å². The van der Waals surface area contributed by atoms with Crippen LogP contribution in [-0.4, -0.2) is 5.78 Å². The van der Waals surface area contributed by atoms with E-state index in [1.54, 1.807) is 19.1 Å². The molecule has 3 heteroatoms. The number of Topliss-reactive ketones (excluding diaryl/α,β-unsaturated/α-hetero) is 1. The normalized spacial score (nSPS) is 10.1. The Hall–Kier alpha value is -0.890. The van der Waals surface area contributed by atoms with Gasteiger partial charge in [0.1, 0.15) is 6.67 Å². The largest absolute Gasteiger partial charge is 0.294 e. The van der Waals surface area contributed by atoms with Crippen LogP contribution in [0.3, 0.4) is 0 Å². The molecule has 1 aromatic rings. The summed E-state index contributed by atoms with van der Waals surface area (Å²) in [5.74, 6) is -0.0516. The molecule has 70 valence electrons. The van der Waals surface area contributed by atoms with Crippen LogP contribution in [0.5, 0.6) is 0 Å². The third-order valence-corrected chi connectivity index (χ3v) is 2.07. The van der Waals surface area contributed by atoms with Crippen molar-refractivity contribution in [3.05, 3.63) is 34.3 Å². The Morgan fingerprint density at radius 3 is 2.77 bits per heavy atom. The lowest BCUT2D eigenvalue weighted by Gasteiger charge is -2.04. The van der Waals surface area contributed by atoms with Crippen molar-refractivity contribution in [2.75, 3.05) is 0 Å². The number of halogens is 2. The van der Waals surface area contributed by atoms with Gasteiger partial charge in [-0.15, -0.1) is 0 Å². The molecule has 0 radical (unpaired) electrons. The number of ketones is 1. The Balaban J connectivity index is 3.13. The average molecular weight is 201 g/mol. The summed E-state index contributed by atoms with van der Waals surface area (Å²) in [5.41, 5.74) is 0.814. The quantitative estimate of drug-likeness (QED) is 0.684. The molecule has 0 aliphatic carbocycles. The predicted molar refractivity (Wildman–Crippen MR) is 50.9 cm³/mol. The SMILES string of the molecule is CCC(=O)c1ccc(Cl)cc1CF. The second kappa shape index (κ2) is 4.38. The molecule has 0 atom stereocenters. The Morgan fingerprint density at radius 2 is 2.23 bits per heavy atom. The van der Waals surface area contributed by atoms with Gasteiger partial charge >= 0.3 is 0 Å². The van der Waals surface area contributed by atoms with E-state index in [2.05, 4.69) is 0 Å². The smallest absolute Gasteiger partial charge is 0.162 e. The molecule has 0 unspecified atom stereocenters. The molecule has 0 aliphatic heterocycles. The maximum Gasteiger partial charge on any atom is 0.162 e. The van der Waals surface area contributed by atoms with Gasteiger partial charge in [-0.1, -0.05) is 18.5 Å². The zero-order chi connectivity index (χ0) is 9.84. The Bertz CT molecular complexity index is 323. The maximum absolute atomic E-state index is 12.5. The Morgan fingerprint density at radius 1 is 1.54 bits per heavy atom. The summed E-state index contributed by atoms with van der Waals surface area (Å²) in [4.78, 5) is 11.3. The van der Waals surface area contributed by atoms with Gasteiger partial charge < -0.3 is 0 Å². The number of hydrogen-bond acceptors (Lipinski definition) is 1. The fraction of sp³-hybridized carbons (Fsp3) is 0.300. The lowest BCUT2D eigenvalue weighted by Crippen LogP contribution is -2.00. The van der Waals surface area contributed by atoms with Crippen LogP contribution in [0.25, 0.3) is 0 Å². The van der Waals surface area contributed by atoms with Gasteiger partial charge in [-0.2, -0.15) is 0 Å². The van der Waals surface area contributed by atoms with Crippen LogP contribution < -0.4 is 0 Å². The highest BCUT2D eigenvalue weighted by Crippen LogP contribution is 2.18. The molecule has 0 bridgehead atoms. The topological polar surface area (TPSA) is 17.1 Å². The van der Waals surface area contributed by atoms with Crippen molar-refractivity contribution in [3.63, 3.8) is 0 Å². The zero-order valence-electron chi connectivity index (χ0n) is 7.31. The molecule has 0 heterocycles. The fourth-order valence-electron chi connectivity index (χ4n) is 1.14. The van der Waals surface area contributed by atoms with Crippen LogP contribution in [0.15, 0.2) is 18.2 Å². The predicted octanol–water partition coefficient (Wildman–Crippen LogP) is 3.40. The van der Waals surface area contributed by atoms with E-state index >= 15 is 0 Å². The Kier molecular flexibility index (Phi) is 3.43. The van der Waals surface area contributed by atoms with Crippen LogP contribution >= 0.6 is 11.6 Å². The van der Waals surface area contributed by atoms with Gasteiger partial charge in [0, 0.05) is 17.0 Å². The van der Waals surface area contributed by atoms with Crippen LogP contribution in [0, 0.1) is 0 Å². The fourth-order valence-corrected chi connectivity index (χ4v) is 1.33. The first-order valence-electron chi connectivity index (χ1n) is 4.06. The van der Waals surface area contributed by atoms with E-state index in [1.165, 1.54) is 6.07 Å². The first-order chi connectivity index (χ1) is 6.19. The van der Waals surface area contributed by atoms with Crippen molar-refractivity contribution < 1.29 is 9.18 Å². The van der Waals surface area contributed by atoms with Gasteiger partial charge in [-0.25, -0.2) is 4.39 Å². The second-order valence-electron chi connectivity index (χ2n) is 2.71. The molecular formula is C10H10ClFO. The first-order valence-corrected chi connectivity index (χ1v) is 4.44. The van der Waals surface area contributed by atoms with Crippen LogP contribution in [0.4, 0.5) is 4.39 Å². The van der Waals surface area contributed by atoms with Gasteiger partial charge in [-0.3, -0.25) is 4.79 Å². The number of carbonyl (C=O) groups excluding carboxylic acids is 1. The second-order valence-corrected chi connectivity index (χ2v) is 3.15. The van der Waals surface area contributed by atoms with E-state index in [0.29, 0.717) is 22.6 Å². The van der Waals surface area contributed by atoms with Crippen molar-refractivity contribution in [1.29, 1.82) is 0 Å². The van der Waals surface area contributed by atoms with Gasteiger partial charge in [0.2, 0.25) is 0 Å². The highest BCUT2D eigenvalue weighted by Gasteiger charge is 2.09. The van der Waals surface area contributed by atoms with Crippen molar-refractivity contribution in [2.45, 2.75) is 20.0 Å². The summed E-state index contributed by atoms with van der Waals surface area (Å²) in [7, 11) is 0. The molecule has 0 amide bonds. The highest BCUT2D eigenvalue weighted by atomic mass is 35.5. The number of carbonyl (C=O) groups is 1. The molecule has 13 heavy (non-hydrogen) atoms. The van der Waals surface area contributed by atoms with E-state index in [-0.39, 0.29) is 5.78 Å². The lowest BCUT2D eigenvalue weighted by atomic mass is 10.0. The van der Waals surface area contributed by atoms with Crippen LogP contribution in [-0.2, 0) is 6.67 Å². The van der Waals surface area contributed by atoms with Crippen LogP contribution in [0.1, 0.15) is 29.3 Å². The van der Waals surface area contributed by atoms with Gasteiger partial charge in [-0.05, 0) is 23.8 Å². The summed E-state index contributed by atoms with van der Waals surface area (Å²) in [6.45, 7) is 1.10. The molecule has 1 rings (SSSR count). The number of benzene rings is 1. The van der Waals surface area contributed by atoms with Crippen molar-refractivity contribution in [3.8, 4) is 0 Å². The molecule has 0 saturated heterocycles. The molecule has 0 saturated carbocycles. The van der Waals surface area contributed by atoms with E-state index in [9.17, 15) is 9.18 Å². The van der Waals surface area contributed by atoms with E-state index in [4.69, 9.17) is 11.6 Å². The number of alkyl halides is 1. The summed E-state index contributed by atoms with van der Waals surface area (Å²) in [6.07, 6.45) is 0.384. The Labute approximate surface area is 81.5 Å².